The highest BCUT2D eigenvalue weighted by Crippen LogP contribution is 2.17. The van der Waals surface area contributed by atoms with E-state index >= 15 is 0 Å². The Kier molecular flexibility index (Phi) is 4.88. The fourth-order valence-corrected chi connectivity index (χ4v) is 2.66. The molecule has 1 heterocycles. The lowest BCUT2D eigenvalue weighted by molar-refractivity contribution is -0.121. The zero-order chi connectivity index (χ0) is 17.8. The molecule has 3 rings (SSSR count). The van der Waals surface area contributed by atoms with Gasteiger partial charge in [0.2, 0.25) is 5.91 Å². The molecular weight excluding hydrogens is 318 g/mol. The molecule has 0 saturated carbocycles. The van der Waals surface area contributed by atoms with E-state index in [1.807, 2.05) is 18.2 Å². The van der Waals surface area contributed by atoms with Crippen LogP contribution < -0.4 is 16.4 Å². The van der Waals surface area contributed by atoms with Crippen molar-refractivity contribution in [1.82, 2.24) is 10.3 Å². The Labute approximate surface area is 145 Å². The van der Waals surface area contributed by atoms with E-state index in [9.17, 15) is 9.59 Å². The second-order valence-corrected chi connectivity index (χ2v) is 6.15. The number of rotatable bonds is 6. The summed E-state index contributed by atoms with van der Waals surface area (Å²) in [5.41, 5.74) is 3.02. The first kappa shape index (κ1) is 16.8. The van der Waals surface area contributed by atoms with Crippen molar-refractivity contribution in [2.24, 2.45) is 0 Å². The first-order chi connectivity index (χ1) is 12.0. The highest BCUT2D eigenvalue weighted by atomic mass is 16.4. The molecule has 2 atom stereocenters. The quantitative estimate of drug-likeness (QED) is 0.644. The molecule has 0 spiro atoms. The summed E-state index contributed by atoms with van der Waals surface area (Å²) in [4.78, 5) is 26.1. The predicted molar refractivity (Wildman–Crippen MR) is 97.8 cm³/mol. The van der Waals surface area contributed by atoms with E-state index in [1.165, 1.54) is 5.56 Å². The van der Waals surface area contributed by atoms with Crippen LogP contribution in [0.3, 0.4) is 0 Å². The predicted octanol–water partition coefficient (Wildman–Crippen LogP) is 2.84. The SMILES string of the molecule is C[C@@H](Nc1ccc2oc(=O)[nH]c2c1)C(=O)NC[C@H](C)c1ccccc1. The van der Waals surface area contributed by atoms with Gasteiger partial charge in [-0.15, -0.1) is 0 Å². The van der Waals surface area contributed by atoms with Gasteiger partial charge < -0.3 is 15.1 Å². The van der Waals surface area contributed by atoms with Gasteiger partial charge in [-0.25, -0.2) is 4.79 Å². The number of anilines is 1. The Hall–Kier alpha value is -3.02. The van der Waals surface area contributed by atoms with Crippen molar-refractivity contribution >= 4 is 22.7 Å². The minimum absolute atomic E-state index is 0.0800. The van der Waals surface area contributed by atoms with E-state index in [1.54, 1.807) is 25.1 Å². The van der Waals surface area contributed by atoms with Crippen LogP contribution in [0.5, 0.6) is 0 Å². The van der Waals surface area contributed by atoms with Gasteiger partial charge >= 0.3 is 5.76 Å². The average Bonchev–Trinajstić information content (AvgIpc) is 2.99. The molecule has 130 valence electrons. The fraction of sp³-hybridized carbons (Fsp3) is 0.263. The highest BCUT2D eigenvalue weighted by Gasteiger charge is 2.14. The summed E-state index contributed by atoms with van der Waals surface area (Å²) in [5, 5.41) is 6.10. The van der Waals surface area contributed by atoms with Crippen molar-refractivity contribution in [3.63, 3.8) is 0 Å². The largest absolute Gasteiger partial charge is 0.417 e. The Balaban J connectivity index is 1.57. The lowest BCUT2D eigenvalue weighted by atomic mass is 10.0. The van der Waals surface area contributed by atoms with E-state index in [4.69, 9.17) is 4.42 Å². The monoisotopic (exact) mass is 339 g/mol. The van der Waals surface area contributed by atoms with Gasteiger partial charge in [0.05, 0.1) is 5.52 Å². The number of nitrogens with one attached hydrogen (secondary N) is 3. The van der Waals surface area contributed by atoms with Crippen LogP contribution in [-0.2, 0) is 4.79 Å². The molecule has 1 amide bonds. The first-order valence-electron chi connectivity index (χ1n) is 8.25. The molecule has 0 aliphatic carbocycles. The van der Waals surface area contributed by atoms with Crippen LogP contribution in [0.2, 0.25) is 0 Å². The summed E-state index contributed by atoms with van der Waals surface area (Å²) in [7, 11) is 0. The van der Waals surface area contributed by atoms with Crippen LogP contribution in [0.1, 0.15) is 25.3 Å². The van der Waals surface area contributed by atoms with Crippen molar-refractivity contribution in [3.05, 3.63) is 64.6 Å². The summed E-state index contributed by atoms with van der Waals surface area (Å²) in [6.07, 6.45) is 0. The number of carbonyl (C=O) groups is 1. The number of H-pyrrole nitrogens is 1. The lowest BCUT2D eigenvalue weighted by Gasteiger charge is -2.18. The van der Waals surface area contributed by atoms with Crippen molar-refractivity contribution in [2.45, 2.75) is 25.8 Å². The van der Waals surface area contributed by atoms with Crippen LogP contribution in [0.4, 0.5) is 5.69 Å². The maximum atomic E-state index is 12.3. The van der Waals surface area contributed by atoms with E-state index in [0.717, 1.165) is 5.69 Å². The number of aromatic amines is 1. The Bertz CT molecular complexity index is 914. The van der Waals surface area contributed by atoms with E-state index in [0.29, 0.717) is 17.6 Å². The molecule has 6 heteroatoms. The standard InChI is InChI=1S/C19H21N3O3/c1-12(14-6-4-3-5-7-14)11-20-18(23)13(2)21-15-8-9-17-16(10-15)22-19(24)25-17/h3-10,12-13,21H,11H2,1-2H3,(H,20,23)(H,22,24)/t12-,13+/m0/s1. The Morgan fingerprint density at radius 3 is 2.68 bits per heavy atom. The number of hydrogen-bond acceptors (Lipinski definition) is 4. The third kappa shape index (κ3) is 4.09. The molecule has 0 bridgehead atoms. The maximum absolute atomic E-state index is 12.3. The maximum Gasteiger partial charge on any atom is 0.417 e. The van der Waals surface area contributed by atoms with Gasteiger partial charge in [0.15, 0.2) is 5.58 Å². The van der Waals surface area contributed by atoms with Gasteiger partial charge in [-0.3, -0.25) is 9.78 Å². The van der Waals surface area contributed by atoms with Gasteiger partial charge in [0.25, 0.3) is 0 Å². The summed E-state index contributed by atoms with van der Waals surface area (Å²) in [6.45, 7) is 4.45. The number of hydrogen-bond donors (Lipinski definition) is 3. The highest BCUT2D eigenvalue weighted by molar-refractivity contribution is 5.85. The topological polar surface area (TPSA) is 87.1 Å². The molecule has 2 aromatic carbocycles. The summed E-state index contributed by atoms with van der Waals surface area (Å²) in [5.74, 6) is -0.332. The van der Waals surface area contributed by atoms with Crippen LogP contribution in [0.15, 0.2) is 57.7 Å². The third-order valence-corrected chi connectivity index (χ3v) is 4.15. The molecule has 0 aliphatic rings. The molecule has 3 aromatic rings. The number of oxazole rings is 1. The van der Waals surface area contributed by atoms with Crippen molar-refractivity contribution in [3.8, 4) is 0 Å². The van der Waals surface area contributed by atoms with E-state index in [-0.39, 0.29) is 11.8 Å². The van der Waals surface area contributed by atoms with E-state index in [2.05, 4.69) is 34.7 Å². The smallest absolute Gasteiger partial charge is 0.408 e. The van der Waals surface area contributed by atoms with Gasteiger partial charge in [0, 0.05) is 12.2 Å². The van der Waals surface area contributed by atoms with Crippen molar-refractivity contribution in [1.29, 1.82) is 0 Å². The number of fused-ring (bicyclic) bond motifs is 1. The van der Waals surface area contributed by atoms with Gasteiger partial charge in [-0.1, -0.05) is 37.3 Å². The average molecular weight is 339 g/mol. The molecule has 0 radical (unpaired) electrons. The molecule has 25 heavy (non-hydrogen) atoms. The lowest BCUT2D eigenvalue weighted by Crippen LogP contribution is -2.39. The van der Waals surface area contributed by atoms with Crippen LogP contribution in [0.25, 0.3) is 11.1 Å². The van der Waals surface area contributed by atoms with Crippen LogP contribution in [0, 0.1) is 0 Å². The third-order valence-electron chi connectivity index (χ3n) is 4.15. The second kappa shape index (κ2) is 7.25. The van der Waals surface area contributed by atoms with Crippen LogP contribution in [-0.4, -0.2) is 23.5 Å². The molecule has 6 nitrogen and oxygen atoms in total. The molecule has 0 aliphatic heterocycles. The number of aromatic nitrogens is 1. The number of benzene rings is 2. The number of carbonyl (C=O) groups excluding carboxylic acids is 1. The Morgan fingerprint density at radius 1 is 1.16 bits per heavy atom. The summed E-state index contributed by atoms with van der Waals surface area (Å²) in [6, 6.07) is 14.9. The first-order valence-corrected chi connectivity index (χ1v) is 8.25. The van der Waals surface area contributed by atoms with Gasteiger partial charge in [0.1, 0.15) is 6.04 Å². The van der Waals surface area contributed by atoms with Crippen LogP contribution >= 0.6 is 0 Å². The molecule has 0 unspecified atom stereocenters. The number of amides is 1. The Morgan fingerprint density at radius 2 is 1.92 bits per heavy atom. The summed E-state index contributed by atoms with van der Waals surface area (Å²) < 4.78 is 4.96. The minimum atomic E-state index is -0.493. The van der Waals surface area contributed by atoms with Crippen molar-refractivity contribution in [2.75, 3.05) is 11.9 Å². The zero-order valence-electron chi connectivity index (χ0n) is 14.2. The molecule has 1 aromatic heterocycles. The second-order valence-electron chi connectivity index (χ2n) is 6.15. The van der Waals surface area contributed by atoms with Gasteiger partial charge in [-0.05, 0) is 36.6 Å². The normalized spacial score (nSPS) is 13.4. The summed E-state index contributed by atoms with van der Waals surface area (Å²) >= 11 is 0. The molecule has 3 N–H and O–H groups in total. The zero-order valence-corrected chi connectivity index (χ0v) is 14.2. The van der Waals surface area contributed by atoms with Crippen molar-refractivity contribution < 1.29 is 9.21 Å². The molecule has 0 fully saturated rings. The molecule has 0 saturated heterocycles. The van der Waals surface area contributed by atoms with E-state index < -0.39 is 11.8 Å². The minimum Gasteiger partial charge on any atom is -0.408 e. The fourth-order valence-electron chi connectivity index (χ4n) is 2.66. The van der Waals surface area contributed by atoms with Gasteiger partial charge in [-0.2, -0.15) is 0 Å². The molecular formula is C19H21N3O3.